The minimum atomic E-state index is -0.588. The number of carbonyl (C=O) groups is 2. The molecule has 1 amide bonds. The quantitative estimate of drug-likeness (QED) is 0.564. The van der Waals surface area contributed by atoms with E-state index in [-0.39, 0.29) is 6.54 Å². The van der Waals surface area contributed by atoms with E-state index in [2.05, 4.69) is 20.4 Å². The molecule has 76 valence electrons. The minimum absolute atomic E-state index is 0.0531. The maximum absolute atomic E-state index is 10.9. The van der Waals surface area contributed by atoms with Gasteiger partial charge >= 0.3 is 5.97 Å². The Kier molecular flexibility index (Phi) is 3.48. The molecular weight excluding hydrogens is 188 g/mol. The van der Waals surface area contributed by atoms with Crippen molar-refractivity contribution in [1.29, 1.82) is 0 Å². The van der Waals surface area contributed by atoms with Gasteiger partial charge in [0.15, 0.2) is 0 Å². The van der Waals surface area contributed by atoms with Crippen LogP contribution >= 0.6 is 0 Å². The lowest BCUT2D eigenvalue weighted by Gasteiger charge is -2.03. The molecule has 0 aliphatic heterocycles. The first-order valence-electron chi connectivity index (χ1n) is 3.88. The molecule has 0 aromatic carbocycles. The number of anilines is 1. The van der Waals surface area contributed by atoms with Gasteiger partial charge in [0.05, 0.1) is 6.20 Å². The standard InChI is InChI=1S/C7H10N4O3/c1-5(12)11-14-7(13)4-8-6-2-3-9-10-6/h2-3H,4H2,1H3,(H,11,12)(H2,8,9,10). The molecule has 0 saturated heterocycles. The SMILES string of the molecule is CC(=O)NOC(=O)CNc1ccn[nH]1. The molecule has 14 heavy (non-hydrogen) atoms. The molecule has 0 aliphatic carbocycles. The third-order valence-corrected chi connectivity index (χ3v) is 1.23. The van der Waals surface area contributed by atoms with E-state index in [1.54, 1.807) is 12.3 Å². The zero-order valence-corrected chi connectivity index (χ0v) is 7.53. The van der Waals surface area contributed by atoms with Crippen LogP contribution < -0.4 is 10.8 Å². The lowest BCUT2D eigenvalue weighted by molar-refractivity contribution is -0.155. The van der Waals surface area contributed by atoms with Crippen molar-refractivity contribution < 1.29 is 14.4 Å². The molecule has 1 heterocycles. The van der Waals surface area contributed by atoms with E-state index < -0.39 is 11.9 Å². The fraction of sp³-hybridized carbons (Fsp3) is 0.286. The lowest BCUT2D eigenvalue weighted by atomic mass is 10.6. The fourth-order valence-electron chi connectivity index (χ4n) is 0.687. The highest BCUT2D eigenvalue weighted by atomic mass is 16.7. The van der Waals surface area contributed by atoms with Crippen molar-refractivity contribution in [3.05, 3.63) is 12.3 Å². The number of nitrogens with zero attached hydrogens (tertiary/aromatic N) is 1. The van der Waals surface area contributed by atoms with Crippen LogP contribution in [0.2, 0.25) is 0 Å². The second-order valence-electron chi connectivity index (χ2n) is 2.46. The minimum Gasteiger partial charge on any atom is -0.360 e. The molecular formula is C7H10N4O3. The molecule has 0 fully saturated rings. The van der Waals surface area contributed by atoms with Gasteiger partial charge in [0, 0.05) is 6.92 Å². The smallest absolute Gasteiger partial charge is 0.351 e. The Bertz CT molecular complexity index is 309. The molecule has 0 unspecified atom stereocenters. The molecule has 0 aliphatic rings. The topological polar surface area (TPSA) is 96.1 Å². The van der Waals surface area contributed by atoms with Crippen molar-refractivity contribution in [2.24, 2.45) is 0 Å². The predicted octanol–water partition coefficient (Wildman–Crippen LogP) is -0.584. The molecule has 7 nitrogen and oxygen atoms in total. The van der Waals surface area contributed by atoms with Crippen LogP contribution in [-0.2, 0) is 14.4 Å². The molecule has 1 aromatic heterocycles. The van der Waals surface area contributed by atoms with E-state index in [1.165, 1.54) is 6.92 Å². The number of carbonyl (C=O) groups excluding carboxylic acids is 2. The molecule has 0 radical (unpaired) electrons. The Balaban J connectivity index is 2.18. The number of aromatic amines is 1. The maximum atomic E-state index is 10.9. The number of hydrogen-bond donors (Lipinski definition) is 3. The van der Waals surface area contributed by atoms with Crippen LogP contribution in [-0.4, -0.2) is 28.6 Å². The Morgan fingerprint density at radius 2 is 2.43 bits per heavy atom. The average molecular weight is 198 g/mol. The average Bonchev–Trinajstić information content (AvgIpc) is 2.63. The van der Waals surface area contributed by atoms with Crippen LogP contribution in [0.25, 0.3) is 0 Å². The highest BCUT2D eigenvalue weighted by molar-refractivity contribution is 5.78. The van der Waals surface area contributed by atoms with Crippen LogP contribution in [0.15, 0.2) is 12.3 Å². The largest absolute Gasteiger partial charge is 0.360 e. The summed E-state index contributed by atoms with van der Waals surface area (Å²) < 4.78 is 0. The number of hydroxylamine groups is 1. The molecule has 7 heteroatoms. The van der Waals surface area contributed by atoms with Crippen molar-refractivity contribution in [2.45, 2.75) is 6.92 Å². The summed E-state index contributed by atoms with van der Waals surface area (Å²) in [6, 6.07) is 1.66. The van der Waals surface area contributed by atoms with Crippen molar-refractivity contribution in [2.75, 3.05) is 11.9 Å². The first kappa shape index (κ1) is 10.0. The van der Waals surface area contributed by atoms with Crippen LogP contribution in [0.1, 0.15) is 6.92 Å². The molecule has 1 aromatic rings. The Labute approximate surface area is 79.8 Å². The van der Waals surface area contributed by atoms with Crippen LogP contribution in [0.5, 0.6) is 0 Å². The van der Waals surface area contributed by atoms with Gasteiger partial charge in [-0.3, -0.25) is 9.89 Å². The van der Waals surface area contributed by atoms with Gasteiger partial charge in [0.1, 0.15) is 12.4 Å². The van der Waals surface area contributed by atoms with Gasteiger partial charge in [-0.05, 0) is 6.07 Å². The summed E-state index contributed by atoms with van der Waals surface area (Å²) in [5, 5.41) is 8.97. The number of H-pyrrole nitrogens is 1. The van der Waals surface area contributed by atoms with E-state index in [0.717, 1.165) is 0 Å². The second-order valence-corrected chi connectivity index (χ2v) is 2.46. The van der Waals surface area contributed by atoms with Crippen molar-refractivity contribution >= 4 is 17.7 Å². The van der Waals surface area contributed by atoms with Gasteiger partial charge < -0.3 is 10.2 Å². The number of hydrogen-bond acceptors (Lipinski definition) is 5. The zero-order valence-electron chi connectivity index (χ0n) is 7.53. The second kappa shape index (κ2) is 4.85. The number of amides is 1. The van der Waals surface area contributed by atoms with Gasteiger partial charge in [-0.1, -0.05) is 0 Å². The fourth-order valence-corrected chi connectivity index (χ4v) is 0.687. The highest BCUT2D eigenvalue weighted by Gasteiger charge is 2.03. The summed E-state index contributed by atoms with van der Waals surface area (Å²) in [6.45, 7) is 1.19. The van der Waals surface area contributed by atoms with Crippen LogP contribution in [0.3, 0.4) is 0 Å². The van der Waals surface area contributed by atoms with Crippen molar-refractivity contribution in [1.82, 2.24) is 15.7 Å². The van der Waals surface area contributed by atoms with Gasteiger partial charge in [0.25, 0.3) is 0 Å². The predicted molar refractivity (Wildman–Crippen MR) is 47.0 cm³/mol. The number of rotatable bonds is 3. The molecule has 0 spiro atoms. The third kappa shape index (κ3) is 3.57. The summed E-state index contributed by atoms with van der Waals surface area (Å²) in [7, 11) is 0. The van der Waals surface area contributed by atoms with Crippen molar-refractivity contribution in [3.8, 4) is 0 Å². The maximum Gasteiger partial charge on any atom is 0.351 e. The highest BCUT2D eigenvalue weighted by Crippen LogP contribution is 1.96. The molecule has 0 bridgehead atoms. The van der Waals surface area contributed by atoms with Gasteiger partial charge in [0.2, 0.25) is 5.91 Å². The zero-order chi connectivity index (χ0) is 10.4. The Hall–Kier alpha value is -2.05. The van der Waals surface area contributed by atoms with E-state index in [1.807, 2.05) is 5.48 Å². The van der Waals surface area contributed by atoms with Gasteiger partial charge in [-0.15, -0.1) is 0 Å². The molecule has 0 saturated carbocycles. The Morgan fingerprint density at radius 3 is 3.00 bits per heavy atom. The van der Waals surface area contributed by atoms with E-state index in [0.29, 0.717) is 5.82 Å². The van der Waals surface area contributed by atoms with E-state index in [4.69, 9.17) is 0 Å². The van der Waals surface area contributed by atoms with E-state index in [9.17, 15) is 9.59 Å². The number of aromatic nitrogens is 2. The van der Waals surface area contributed by atoms with Gasteiger partial charge in [-0.25, -0.2) is 4.79 Å². The monoisotopic (exact) mass is 198 g/mol. The van der Waals surface area contributed by atoms with E-state index >= 15 is 0 Å². The van der Waals surface area contributed by atoms with Crippen molar-refractivity contribution in [3.63, 3.8) is 0 Å². The number of nitrogens with one attached hydrogen (secondary N) is 3. The molecule has 3 N–H and O–H groups in total. The van der Waals surface area contributed by atoms with Crippen LogP contribution in [0, 0.1) is 0 Å². The summed E-state index contributed by atoms with van der Waals surface area (Å²) in [5.74, 6) is -0.417. The third-order valence-electron chi connectivity index (χ3n) is 1.23. The summed E-state index contributed by atoms with van der Waals surface area (Å²) >= 11 is 0. The first-order valence-corrected chi connectivity index (χ1v) is 3.88. The summed E-state index contributed by atoms with van der Waals surface area (Å²) in [6.07, 6.45) is 1.54. The van der Waals surface area contributed by atoms with Crippen LogP contribution in [0.4, 0.5) is 5.82 Å². The Morgan fingerprint density at radius 1 is 1.64 bits per heavy atom. The first-order chi connectivity index (χ1) is 6.68. The van der Waals surface area contributed by atoms with Gasteiger partial charge in [-0.2, -0.15) is 10.6 Å². The molecule has 0 atom stereocenters. The summed E-state index contributed by atoms with van der Waals surface area (Å²) in [4.78, 5) is 25.6. The molecule has 1 rings (SSSR count). The lowest BCUT2D eigenvalue weighted by Crippen LogP contribution is -2.28. The normalized spacial score (nSPS) is 9.21. The summed E-state index contributed by atoms with van der Waals surface area (Å²) in [5.41, 5.74) is 1.92.